The van der Waals surface area contributed by atoms with Crippen molar-refractivity contribution in [2.24, 2.45) is 5.41 Å². The molecule has 1 aliphatic rings. The van der Waals surface area contributed by atoms with Crippen LogP contribution < -0.4 is 15.4 Å². The summed E-state index contributed by atoms with van der Waals surface area (Å²) in [6, 6.07) is 8.79. The zero-order valence-electron chi connectivity index (χ0n) is 14.5. The van der Waals surface area contributed by atoms with Crippen LogP contribution in [0.4, 0.5) is 11.5 Å². The van der Waals surface area contributed by atoms with Crippen molar-refractivity contribution in [1.82, 2.24) is 5.16 Å². The Hall–Kier alpha value is -2.83. The fraction of sp³-hybridized carbons (Fsp3) is 0.389. The van der Waals surface area contributed by atoms with Crippen molar-refractivity contribution in [2.45, 2.75) is 39.7 Å². The number of para-hydroxylation sites is 2. The molecule has 0 unspecified atom stereocenters. The van der Waals surface area contributed by atoms with Crippen molar-refractivity contribution >= 4 is 23.3 Å². The van der Waals surface area contributed by atoms with Gasteiger partial charge in [-0.3, -0.25) is 9.59 Å². The predicted octanol–water partition coefficient (Wildman–Crippen LogP) is 3.13. The minimum atomic E-state index is -1.07. The summed E-state index contributed by atoms with van der Waals surface area (Å²) in [5.41, 5.74) is -0.518. The normalized spacial score (nSPS) is 14.9. The van der Waals surface area contributed by atoms with Crippen LogP contribution in [0.3, 0.4) is 0 Å². The van der Waals surface area contributed by atoms with Crippen molar-refractivity contribution in [1.29, 1.82) is 0 Å². The van der Waals surface area contributed by atoms with Gasteiger partial charge in [0.1, 0.15) is 16.9 Å². The average molecular weight is 343 g/mol. The Morgan fingerprint density at radius 1 is 1.20 bits per heavy atom. The maximum atomic E-state index is 12.7. The highest BCUT2D eigenvalue weighted by Gasteiger charge is 2.56. The second-order valence-electron chi connectivity index (χ2n) is 6.48. The van der Waals surface area contributed by atoms with Gasteiger partial charge in [0.05, 0.1) is 11.8 Å². The van der Waals surface area contributed by atoms with Gasteiger partial charge in [0, 0.05) is 6.07 Å². The maximum Gasteiger partial charge on any atom is 0.241 e. The first kappa shape index (κ1) is 17.0. The molecule has 1 aromatic heterocycles. The molecule has 3 rings (SSSR count). The third-order valence-electron chi connectivity index (χ3n) is 3.99. The highest BCUT2D eigenvalue weighted by molar-refractivity contribution is 6.17. The molecule has 132 valence electrons. The van der Waals surface area contributed by atoms with Gasteiger partial charge in [-0.2, -0.15) is 0 Å². The summed E-state index contributed by atoms with van der Waals surface area (Å²) in [4.78, 5) is 25.2. The van der Waals surface area contributed by atoms with E-state index in [0.717, 1.165) is 0 Å². The summed E-state index contributed by atoms with van der Waals surface area (Å²) in [6.07, 6.45) is 0.968. The molecule has 25 heavy (non-hydrogen) atoms. The van der Waals surface area contributed by atoms with E-state index in [9.17, 15) is 9.59 Å². The molecule has 7 nitrogen and oxygen atoms in total. The molecule has 2 amide bonds. The number of carbonyl (C=O) groups is 2. The van der Waals surface area contributed by atoms with Gasteiger partial charge in [-0.1, -0.05) is 17.3 Å². The predicted molar refractivity (Wildman–Crippen MR) is 92.4 cm³/mol. The van der Waals surface area contributed by atoms with E-state index in [0.29, 0.717) is 35.9 Å². The number of amides is 2. The third kappa shape index (κ3) is 3.65. The van der Waals surface area contributed by atoms with Crippen molar-refractivity contribution in [3.63, 3.8) is 0 Å². The van der Waals surface area contributed by atoms with Crippen molar-refractivity contribution in [3.8, 4) is 5.75 Å². The molecule has 0 aliphatic heterocycles. The number of carbonyl (C=O) groups excluding carboxylic acids is 2. The van der Waals surface area contributed by atoms with Crippen LogP contribution in [0.2, 0.25) is 0 Å². The molecule has 0 radical (unpaired) electrons. The topological polar surface area (TPSA) is 93.5 Å². The smallest absolute Gasteiger partial charge is 0.241 e. The van der Waals surface area contributed by atoms with E-state index in [-0.39, 0.29) is 17.9 Å². The van der Waals surface area contributed by atoms with Crippen LogP contribution in [0.15, 0.2) is 34.9 Å². The summed E-state index contributed by atoms with van der Waals surface area (Å²) in [5.74, 6) is 0.759. The first-order valence-electron chi connectivity index (χ1n) is 8.22. The molecule has 1 aromatic carbocycles. The summed E-state index contributed by atoms with van der Waals surface area (Å²) in [5, 5.41) is 9.19. The standard InChI is InChI=1S/C18H21N3O4/c1-11(2)24-14-7-5-4-6-13(14)19-16(22)18(8-9-18)17(23)20-15-10-12(3)25-21-15/h4-7,10-11H,8-9H2,1-3H3,(H,19,22)(H,20,21,23). The highest BCUT2D eigenvalue weighted by Crippen LogP contribution is 2.48. The van der Waals surface area contributed by atoms with Gasteiger partial charge in [-0.25, -0.2) is 0 Å². The minimum Gasteiger partial charge on any atom is -0.489 e. The van der Waals surface area contributed by atoms with Crippen molar-refractivity contribution in [3.05, 3.63) is 36.1 Å². The lowest BCUT2D eigenvalue weighted by atomic mass is 10.0. The summed E-state index contributed by atoms with van der Waals surface area (Å²) in [7, 11) is 0. The van der Waals surface area contributed by atoms with Gasteiger partial charge < -0.3 is 19.9 Å². The Bertz CT molecular complexity index is 793. The molecule has 1 fully saturated rings. The van der Waals surface area contributed by atoms with Gasteiger partial charge in [0.2, 0.25) is 11.8 Å². The van der Waals surface area contributed by atoms with E-state index in [1.165, 1.54) is 0 Å². The SMILES string of the molecule is Cc1cc(NC(=O)C2(C(=O)Nc3ccccc3OC(C)C)CC2)no1. The van der Waals surface area contributed by atoms with E-state index in [1.807, 2.05) is 19.9 Å². The molecule has 2 aromatic rings. The summed E-state index contributed by atoms with van der Waals surface area (Å²) < 4.78 is 10.6. The second-order valence-corrected chi connectivity index (χ2v) is 6.48. The van der Waals surface area contributed by atoms with E-state index in [2.05, 4.69) is 15.8 Å². The number of aromatic nitrogens is 1. The van der Waals surface area contributed by atoms with Crippen molar-refractivity contribution < 1.29 is 18.8 Å². The van der Waals surface area contributed by atoms with E-state index < -0.39 is 5.41 Å². The molecule has 1 aliphatic carbocycles. The van der Waals surface area contributed by atoms with Gasteiger partial charge in [-0.15, -0.1) is 0 Å². The molecular weight excluding hydrogens is 322 g/mol. The van der Waals surface area contributed by atoms with E-state index in [4.69, 9.17) is 9.26 Å². The number of benzene rings is 1. The largest absolute Gasteiger partial charge is 0.489 e. The lowest BCUT2D eigenvalue weighted by molar-refractivity contribution is -0.131. The molecule has 1 saturated carbocycles. The molecule has 0 saturated heterocycles. The molecule has 2 N–H and O–H groups in total. The monoisotopic (exact) mass is 343 g/mol. The Kier molecular flexibility index (Phi) is 4.48. The second kappa shape index (κ2) is 6.58. The van der Waals surface area contributed by atoms with Crippen LogP contribution in [0, 0.1) is 12.3 Å². The molecular formula is C18H21N3O4. The number of anilines is 2. The number of rotatable bonds is 6. The molecule has 0 spiro atoms. The summed E-state index contributed by atoms with van der Waals surface area (Å²) in [6.45, 7) is 5.55. The first-order chi connectivity index (χ1) is 11.9. The third-order valence-corrected chi connectivity index (χ3v) is 3.99. The van der Waals surface area contributed by atoms with Crippen molar-refractivity contribution in [2.75, 3.05) is 10.6 Å². The Morgan fingerprint density at radius 3 is 2.48 bits per heavy atom. The maximum absolute atomic E-state index is 12.7. The quantitative estimate of drug-likeness (QED) is 0.786. The molecule has 1 heterocycles. The zero-order valence-corrected chi connectivity index (χ0v) is 14.5. The van der Waals surface area contributed by atoms with Crippen LogP contribution in [0.5, 0.6) is 5.75 Å². The lowest BCUT2D eigenvalue weighted by Gasteiger charge is -2.18. The van der Waals surface area contributed by atoms with Crippen LogP contribution in [-0.2, 0) is 9.59 Å². The van der Waals surface area contributed by atoms with Gasteiger partial charge >= 0.3 is 0 Å². The fourth-order valence-corrected chi connectivity index (χ4v) is 2.51. The Balaban J connectivity index is 1.71. The van der Waals surface area contributed by atoms with Crippen LogP contribution in [0.1, 0.15) is 32.4 Å². The number of nitrogens with one attached hydrogen (secondary N) is 2. The number of ether oxygens (including phenoxy) is 1. The molecule has 0 atom stereocenters. The van der Waals surface area contributed by atoms with Crippen LogP contribution in [-0.4, -0.2) is 23.1 Å². The fourth-order valence-electron chi connectivity index (χ4n) is 2.51. The van der Waals surface area contributed by atoms with Gasteiger partial charge in [0.25, 0.3) is 0 Å². The lowest BCUT2D eigenvalue weighted by Crippen LogP contribution is -2.35. The molecule has 7 heteroatoms. The average Bonchev–Trinajstić information content (AvgIpc) is 3.27. The highest BCUT2D eigenvalue weighted by atomic mass is 16.5. The first-order valence-corrected chi connectivity index (χ1v) is 8.22. The Labute approximate surface area is 145 Å². The van der Waals surface area contributed by atoms with Crippen LogP contribution in [0.25, 0.3) is 0 Å². The zero-order chi connectivity index (χ0) is 18.0. The van der Waals surface area contributed by atoms with Gasteiger partial charge in [0.15, 0.2) is 5.82 Å². The van der Waals surface area contributed by atoms with Crippen LogP contribution >= 0.6 is 0 Å². The van der Waals surface area contributed by atoms with E-state index in [1.54, 1.807) is 31.2 Å². The molecule has 0 bridgehead atoms. The minimum absolute atomic E-state index is 0.0216. The number of hydrogen-bond acceptors (Lipinski definition) is 5. The van der Waals surface area contributed by atoms with Gasteiger partial charge in [-0.05, 0) is 45.7 Å². The van der Waals surface area contributed by atoms with E-state index >= 15 is 0 Å². The Morgan fingerprint density at radius 2 is 1.88 bits per heavy atom. The summed E-state index contributed by atoms with van der Waals surface area (Å²) >= 11 is 0. The number of aryl methyl sites for hydroxylation is 1. The number of hydrogen-bond donors (Lipinski definition) is 2. The number of nitrogens with zero attached hydrogens (tertiary/aromatic N) is 1.